The monoisotopic (exact) mass is 276 g/mol. The van der Waals surface area contributed by atoms with Crippen LogP contribution in [0.3, 0.4) is 0 Å². The van der Waals surface area contributed by atoms with E-state index in [1.807, 2.05) is 0 Å². The Morgan fingerprint density at radius 3 is 2.76 bits per heavy atom. The molecule has 0 amide bonds. The van der Waals surface area contributed by atoms with Crippen LogP contribution >= 0.6 is 23.2 Å². The summed E-state index contributed by atoms with van der Waals surface area (Å²) >= 11 is 11.2. The van der Waals surface area contributed by atoms with Gasteiger partial charge in [-0.05, 0) is 19.1 Å². The number of aliphatic hydroxyl groups is 1. The van der Waals surface area contributed by atoms with E-state index >= 15 is 0 Å². The minimum Gasteiger partial charge on any atom is -0.497 e. The fraction of sp³-hybridized carbons (Fsp3) is 0.333. The second-order valence-corrected chi connectivity index (χ2v) is 4.13. The molecule has 0 aliphatic rings. The second kappa shape index (κ2) is 6.74. The first kappa shape index (κ1) is 14.2. The van der Waals surface area contributed by atoms with Crippen LogP contribution in [0.1, 0.15) is 18.6 Å². The van der Waals surface area contributed by atoms with Gasteiger partial charge in [0.25, 0.3) is 0 Å². The number of methoxy groups -OCH3 is 1. The highest BCUT2D eigenvalue weighted by atomic mass is 35.5. The van der Waals surface area contributed by atoms with E-state index in [-0.39, 0.29) is 6.61 Å². The standard InChI is InChI=1S/C12H14Cl2O3/c1-8(15)11-4-3-10(16-2)5-12(11)17-7-9(14)6-13/h3-6,8,15H,7H2,1-2H3/b9-6-. The molecule has 1 N–H and O–H groups in total. The lowest BCUT2D eigenvalue weighted by Gasteiger charge is -2.14. The summed E-state index contributed by atoms with van der Waals surface area (Å²) in [5.41, 5.74) is 1.91. The van der Waals surface area contributed by atoms with Gasteiger partial charge in [0.2, 0.25) is 0 Å². The first-order valence-corrected chi connectivity index (χ1v) is 5.83. The Kier molecular flexibility index (Phi) is 5.62. The van der Waals surface area contributed by atoms with Gasteiger partial charge in [-0.2, -0.15) is 0 Å². The van der Waals surface area contributed by atoms with Gasteiger partial charge in [-0.15, -0.1) is 0 Å². The number of hydrogen-bond acceptors (Lipinski definition) is 3. The van der Waals surface area contributed by atoms with Gasteiger partial charge in [-0.3, -0.25) is 0 Å². The van der Waals surface area contributed by atoms with E-state index in [4.69, 9.17) is 32.7 Å². The van der Waals surface area contributed by atoms with Crippen LogP contribution in [-0.4, -0.2) is 18.8 Å². The molecule has 0 aliphatic carbocycles. The summed E-state index contributed by atoms with van der Waals surface area (Å²) in [4.78, 5) is 0. The molecule has 0 radical (unpaired) electrons. The van der Waals surface area contributed by atoms with Crippen molar-refractivity contribution in [2.75, 3.05) is 13.7 Å². The van der Waals surface area contributed by atoms with Crippen molar-refractivity contribution in [2.45, 2.75) is 13.0 Å². The van der Waals surface area contributed by atoms with Crippen LogP contribution in [0.5, 0.6) is 11.5 Å². The molecule has 0 saturated heterocycles. The SMILES string of the molecule is COc1ccc(C(C)O)c(OC/C(Cl)=C/Cl)c1. The van der Waals surface area contributed by atoms with E-state index < -0.39 is 6.10 Å². The minimum absolute atomic E-state index is 0.151. The van der Waals surface area contributed by atoms with E-state index in [0.717, 1.165) is 0 Å². The molecule has 1 rings (SSSR count). The number of hydrogen-bond donors (Lipinski definition) is 1. The molecule has 0 bridgehead atoms. The number of ether oxygens (including phenoxy) is 2. The number of benzene rings is 1. The molecule has 1 unspecified atom stereocenters. The quantitative estimate of drug-likeness (QED) is 0.895. The molecule has 0 spiro atoms. The smallest absolute Gasteiger partial charge is 0.129 e. The van der Waals surface area contributed by atoms with Crippen molar-refractivity contribution >= 4 is 23.2 Å². The maximum absolute atomic E-state index is 9.60. The maximum atomic E-state index is 9.60. The first-order chi connectivity index (χ1) is 8.08. The van der Waals surface area contributed by atoms with Crippen molar-refractivity contribution in [3.05, 3.63) is 34.3 Å². The molecule has 17 heavy (non-hydrogen) atoms. The van der Waals surface area contributed by atoms with Gasteiger partial charge in [-0.1, -0.05) is 23.2 Å². The summed E-state index contributed by atoms with van der Waals surface area (Å²) in [5, 5.41) is 9.98. The molecule has 1 atom stereocenters. The molecule has 3 nitrogen and oxygen atoms in total. The molecule has 0 aromatic heterocycles. The zero-order valence-electron chi connectivity index (χ0n) is 9.61. The summed E-state index contributed by atoms with van der Waals surface area (Å²) < 4.78 is 10.6. The Labute approximate surface area is 111 Å². The van der Waals surface area contributed by atoms with E-state index in [0.29, 0.717) is 22.1 Å². The van der Waals surface area contributed by atoms with Crippen LogP contribution in [0.4, 0.5) is 0 Å². The molecule has 0 aliphatic heterocycles. The lowest BCUT2D eigenvalue weighted by atomic mass is 10.1. The molecule has 0 saturated carbocycles. The van der Waals surface area contributed by atoms with Gasteiger partial charge in [0.1, 0.15) is 18.1 Å². The Morgan fingerprint density at radius 2 is 2.24 bits per heavy atom. The lowest BCUT2D eigenvalue weighted by Crippen LogP contribution is -2.02. The Bertz CT molecular complexity index is 403. The van der Waals surface area contributed by atoms with Gasteiger partial charge in [0.15, 0.2) is 0 Å². The van der Waals surface area contributed by atoms with Crippen LogP contribution < -0.4 is 9.47 Å². The summed E-state index contributed by atoms with van der Waals surface area (Å²) in [6, 6.07) is 5.20. The highest BCUT2D eigenvalue weighted by molar-refractivity contribution is 6.36. The summed E-state index contributed by atoms with van der Waals surface area (Å²) in [6.07, 6.45) is -0.630. The Hall–Kier alpha value is -0.900. The zero-order valence-corrected chi connectivity index (χ0v) is 11.1. The van der Waals surface area contributed by atoms with Crippen molar-refractivity contribution in [3.63, 3.8) is 0 Å². The van der Waals surface area contributed by atoms with E-state index in [1.54, 1.807) is 32.2 Å². The molecule has 1 aromatic rings. The van der Waals surface area contributed by atoms with E-state index in [9.17, 15) is 5.11 Å². The van der Waals surface area contributed by atoms with Crippen molar-refractivity contribution in [1.82, 2.24) is 0 Å². The molecule has 94 valence electrons. The van der Waals surface area contributed by atoms with Crippen LogP contribution in [0.25, 0.3) is 0 Å². The summed E-state index contributed by atoms with van der Waals surface area (Å²) in [6.45, 7) is 1.81. The van der Waals surface area contributed by atoms with Crippen LogP contribution in [0.15, 0.2) is 28.8 Å². The highest BCUT2D eigenvalue weighted by Crippen LogP contribution is 2.30. The topological polar surface area (TPSA) is 38.7 Å². The van der Waals surface area contributed by atoms with Gasteiger partial charge in [0.05, 0.1) is 18.2 Å². The molecular formula is C12H14Cl2O3. The predicted molar refractivity (Wildman–Crippen MR) is 68.9 cm³/mol. The second-order valence-electron chi connectivity index (χ2n) is 3.42. The number of aliphatic hydroxyl groups excluding tert-OH is 1. The number of halogens is 2. The average Bonchev–Trinajstić information content (AvgIpc) is 2.35. The van der Waals surface area contributed by atoms with Crippen LogP contribution in [0, 0.1) is 0 Å². The van der Waals surface area contributed by atoms with E-state index in [2.05, 4.69) is 0 Å². The molecule has 1 aromatic carbocycles. The fourth-order valence-electron chi connectivity index (χ4n) is 1.29. The lowest BCUT2D eigenvalue weighted by molar-refractivity contribution is 0.192. The largest absolute Gasteiger partial charge is 0.497 e. The third-order valence-corrected chi connectivity index (χ3v) is 2.75. The number of rotatable bonds is 5. The summed E-state index contributed by atoms with van der Waals surface area (Å²) in [5.74, 6) is 1.17. The third kappa shape index (κ3) is 4.11. The van der Waals surface area contributed by atoms with Gasteiger partial charge in [-0.25, -0.2) is 0 Å². The molecule has 0 heterocycles. The molecule has 0 fully saturated rings. The summed E-state index contributed by atoms with van der Waals surface area (Å²) in [7, 11) is 1.56. The van der Waals surface area contributed by atoms with Crippen LogP contribution in [-0.2, 0) is 0 Å². The molecular weight excluding hydrogens is 263 g/mol. The van der Waals surface area contributed by atoms with Crippen LogP contribution in [0.2, 0.25) is 0 Å². The van der Waals surface area contributed by atoms with Crippen molar-refractivity contribution in [2.24, 2.45) is 0 Å². The van der Waals surface area contributed by atoms with Crippen molar-refractivity contribution in [3.8, 4) is 11.5 Å². The maximum Gasteiger partial charge on any atom is 0.129 e. The third-order valence-electron chi connectivity index (χ3n) is 2.15. The Balaban J connectivity index is 2.93. The van der Waals surface area contributed by atoms with E-state index in [1.165, 1.54) is 5.54 Å². The first-order valence-electron chi connectivity index (χ1n) is 5.02. The molecule has 5 heteroatoms. The van der Waals surface area contributed by atoms with Gasteiger partial charge >= 0.3 is 0 Å². The fourth-order valence-corrected chi connectivity index (χ4v) is 1.41. The van der Waals surface area contributed by atoms with Crippen molar-refractivity contribution < 1.29 is 14.6 Å². The van der Waals surface area contributed by atoms with Gasteiger partial charge in [0, 0.05) is 17.2 Å². The minimum atomic E-state index is -0.630. The average molecular weight is 277 g/mol. The van der Waals surface area contributed by atoms with Crippen molar-refractivity contribution in [1.29, 1.82) is 0 Å². The normalized spacial score (nSPS) is 13.4. The Morgan fingerprint density at radius 1 is 1.53 bits per heavy atom. The highest BCUT2D eigenvalue weighted by Gasteiger charge is 2.11. The predicted octanol–water partition coefficient (Wildman–Crippen LogP) is 3.45. The van der Waals surface area contributed by atoms with Gasteiger partial charge < -0.3 is 14.6 Å². The zero-order chi connectivity index (χ0) is 12.8.